The normalized spacial score (nSPS) is 12.9. The number of hydrogen-bond donors (Lipinski definition) is 1. The van der Waals surface area contributed by atoms with Gasteiger partial charge in [-0.05, 0) is 12.3 Å². The molecule has 1 amide bonds. The van der Waals surface area contributed by atoms with E-state index in [4.69, 9.17) is 5.73 Å². The molecule has 6 heteroatoms. The Morgan fingerprint density at radius 3 is 2.48 bits per heavy atom. The van der Waals surface area contributed by atoms with E-state index in [2.05, 4.69) is 24.2 Å². The number of aryl methyl sites for hydroxylation is 1. The van der Waals surface area contributed by atoms with Crippen molar-refractivity contribution in [1.29, 1.82) is 0 Å². The Morgan fingerprint density at radius 1 is 1.29 bits per heavy atom. The Kier molecular flexibility index (Phi) is 6.52. The van der Waals surface area contributed by atoms with Crippen molar-refractivity contribution in [2.75, 3.05) is 0 Å². The number of primary amides is 1. The maximum Gasteiger partial charge on any atom is 0.220 e. The van der Waals surface area contributed by atoms with E-state index in [9.17, 15) is 9.59 Å². The van der Waals surface area contributed by atoms with Gasteiger partial charge in [0.2, 0.25) is 5.91 Å². The SMILES string of the molecule is CC(C)CC(Cc1cn(CCC(=O)C(C)C)nn1)C(N)=O. The first-order valence-corrected chi connectivity index (χ1v) is 7.50. The summed E-state index contributed by atoms with van der Waals surface area (Å²) in [5.41, 5.74) is 6.18. The zero-order chi connectivity index (χ0) is 16.0. The predicted octanol–water partition coefficient (Wildman–Crippen LogP) is 1.58. The van der Waals surface area contributed by atoms with Gasteiger partial charge in [-0.25, -0.2) is 0 Å². The molecule has 0 aliphatic heterocycles. The maximum absolute atomic E-state index is 11.6. The lowest BCUT2D eigenvalue weighted by Gasteiger charge is -2.13. The van der Waals surface area contributed by atoms with Crippen molar-refractivity contribution in [3.05, 3.63) is 11.9 Å². The molecule has 118 valence electrons. The van der Waals surface area contributed by atoms with E-state index in [1.54, 1.807) is 10.9 Å². The van der Waals surface area contributed by atoms with Gasteiger partial charge in [0.05, 0.1) is 5.69 Å². The summed E-state index contributed by atoms with van der Waals surface area (Å²) in [6, 6.07) is 0. The van der Waals surface area contributed by atoms with Crippen LogP contribution in [0, 0.1) is 17.8 Å². The maximum atomic E-state index is 11.6. The lowest BCUT2D eigenvalue weighted by atomic mass is 9.92. The van der Waals surface area contributed by atoms with Crippen LogP contribution in [-0.4, -0.2) is 26.7 Å². The van der Waals surface area contributed by atoms with E-state index in [-0.39, 0.29) is 23.5 Å². The van der Waals surface area contributed by atoms with Crippen molar-refractivity contribution in [3.8, 4) is 0 Å². The first-order chi connectivity index (χ1) is 9.79. The van der Waals surface area contributed by atoms with Crippen molar-refractivity contribution in [2.45, 2.75) is 53.5 Å². The number of nitrogens with zero attached hydrogens (tertiary/aromatic N) is 3. The van der Waals surface area contributed by atoms with Gasteiger partial charge in [-0.2, -0.15) is 0 Å². The quantitative estimate of drug-likeness (QED) is 0.748. The van der Waals surface area contributed by atoms with Crippen LogP contribution in [0.1, 0.15) is 46.2 Å². The number of hydrogen-bond acceptors (Lipinski definition) is 4. The molecule has 1 aromatic heterocycles. The third kappa shape index (κ3) is 6.06. The highest BCUT2D eigenvalue weighted by atomic mass is 16.1. The molecule has 0 aliphatic rings. The average molecular weight is 294 g/mol. The van der Waals surface area contributed by atoms with Crippen LogP contribution in [0.15, 0.2) is 6.20 Å². The Balaban J connectivity index is 2.57. The Morgan fingerprint density at radius 2 is 1.95 bits per heavy atom. The number of Topliss-reactive ketones (excluding diaryl/α,β-unsaturated/α-hetero) is 1. The summed E-state index contributed by atoms with van der Waals surface area (Å²) in [7, 11) is 0. The minimum absolute atomic E-state index is 0.0401. The molecule has 0 saturated carbocycles. The minimum atomic E-state index is -0.298. The lowest BCUT2D eigenvalue weighted by molar-refractivity contribution is -0.123. The molecule has 0 radical (unpaired) electrons. The van der Waals surface area contributed by atoms with Crippen molar-refractivity contribution < 1.29 is 9.59 Å². The Labute approximate surface area is 126 Å². The van der Waals surface area contributed by atoms with E-state index < -0.39 is 0 Å². The molecule has 21 heavy (non-hydrogen) atoms. The molecule has 1 rings (SSSR count). The van der Waals surface area contributed by atoms with Gasteiger partial charge in [-0.15, -0.1) is 5.10 Å². The number of ketones is 1. The van der Waals surface area contributed by atoms with Crippen LogP contribution in [0.25, 0.3) is 0 Å². The molecule has 1 aromatic rings. The van der Waals surface area contributed by atoms with Crippen molar-refractivity contribution in [3.63, 3.8) is 0 Å². The molecule has 0 bridgehead atoms. The topological polar surface area (TPSA) is 90.9 Å². The predicted molar refractivity (Wildman–Crippen MR) is 80.3 cm³/mol. The number of aromatic nitrogens is 3. The average Bonchev–Trinajstić information content (AvgIpc) is 2.82. The van der Waals surface area contributed by atoms with Crippen LogP contribution >= 0.6 is 0 Å². The second kappa shape index (κ2) is 7.90. The molecular weight excluding hydrogens is 268 g/mol. The number of amides is 1. The first-order valence-electron chi connectivity index (χ1n) is 7.50. The fraction of sp³-hybridized carbons (Fsp3) is 0.733. The third-order valence-corrected chi connectivity index (χ3v) is 3.43. The van der Waals surface area contributed by atoms with Crippen LogP contribution in [0.2, 0.25) is 0 Å². The summed E-state index contributed by atoms with van der Waals surface area (Å²) in [6.07, 6.45) is 3.50. The van der Waals surface area contributed by atoms with Crippen LogP contribution in [0.4, 0.5) is 0 Å². The molecule has 0 aliphatic carbocycles. The van der Waals surface area contributed by atoms with Crippen molar-refractivity contribution >= 4 is 11.7 Å². The lowest BCUT2D eigenvalue weighted by Crippen LogP contribution is -2.26. The minimum Gasteiger partial charge on any atom is -0.369 e. The fourth-order valence-corrected chi connectivity index (χ4v) is 2.18. The van der Waals surface area contributed by atoms with Crippen molar-refractivity contribution in [2.24, 2.45) is 23.5 Å². The van der Waals surface area contributed by atoms with Gasteiger partial charge in [0.25, 0.3) is 0 Å². The van der Waals surface area contributed by atoms with Gasteiger partial charge in [0.1, 0.15) is 5.78 Å². The van der Waals surface area contributed by atoms with E-state index in [0.717, 1.165) is 12.1 Å². The van der Waals surface area contributed by atoms with E-state index in [1.165, 1.54) is 0 Å². The largest absolute Gasteiger partial charge is 0.369 e. The standard InChI is InChI=1S/C15H26N4O2/c1-10(2)7-12(15(16)21)8-13-9-19(18-17-13)6-5-14(20)11(3)4/h9-12H,5-8H2,1-4H3,(H2,16,21). The van der Waals surface area contributed by atoms with Crippen molar-refractivity contribution in [1.82, 2.24) is 15.0 Å². The summed E-state index contributed by atoms with van der Waals surface area (Å²) in [5, 5.41) is 8.06. The molecule has 1 atom stereocenters. The number of rotatable bonds is 9. The molecule has 1 heterocycles. The van der Waals surface area contributed by atoms with Gasteiger partial charge in [-0.3, -0.25) is 14.3 Å². The summed E-state index contributed by atoms with van der Waals surface area (Å²) in [4.78, 5) is 23.0. The Bertz CT molecular complexity index is 480. The summed E-state index contributed by atoms with van der Waals surface area (Å²) in [5.74, 6) is 0.141. The second-order valence-corrected chi connectivity index (χ2v) is 6.28. The monoisotopic (exact) mass is 294 g/mol. The highest BCUT2D eigenvalue weighted by Crippen LogP contribution is 2.16. The van der Waals surface area contributed by atoms with Crippen LogP contribution in [-0.2, 0) is 22.6 Å². The third-order valence-electron chi connectivity index (χ3n) is 3.43. The van der Waals surface area contributed by atoms with Gasteiger partial charge in [-0.1, -0.05) is 32.9 Å². The smallest absolute Gasteiger partial charge is 0.220 e. The molecule has 0 aromatic carbocycles. The second-order valence-electron chi connectivity index (χ2n) is 6.28. The summed E-state index contributed by atoms with van der Waals surface area (Å²) < 4.78 is 1.66. The Hall–Kier alpha value is -1.72. The molecular formula is C15H26N4O2. The van der Waals surface area contributed by atoms with Crippen LogP contribution in [0.3, 0.4) is 0 Å². The van der Waals surface area contributed by atoms with E-state index in [0.29, 0.717) is 25.3 Å². The van der Waals surface area contributed by atoms with E-state index in [1.807, 2.05) is 13.8 Å². The molecule has 0 fully saturated rings. The van der Waals surface area contributed by atoms with Crippen LogP contribution < -0.4 is 5.73 Å². The van der Waals surface area contributed by atoms with Gasteiger partial charge >= 0.3 is 0 Å². The zero-order valence-corrected chi connectivity index (χ0v) is 13.4. The highest BCUT2D eigenvalue weighted by molar-refractivity contribution is 5.80. The number of carbonyl (C=O) groups is 2. The molecule has 1 unspecified atom stereocenters. The summed E-state index contributed by atoms with van der Waals surface area (Å²) in [6.45, 7) is 8.42. The van der Waals surface area contributed by atoms with Gasteiger partial charge in [0.15, 0.2) is 0 Å². The number of carbonyl (C=O) groups excluding carboxylic acids is 2. The highest BCUT2D eigenvalue weighted by Gasteiger charge is 2.19. The van der Waals surface area contributed by atoms with Gasteiger partial charge < -0.3 is 5.73 Å². The fourth-order valence-electron chi connectivity index (χ4n) is 2.18. The van der Waals surface area contributed by atoms with E-state index >= 15 is 0 Å². The van der Waals surface area contributed by atoms with Gasteiger partial charge in [0, 0.05) is 37.4 Å². The molecule has 6 nitrogen and oxygen atoms in total. The first kappa shape index (κ1) is 17.3. The molecule has 0 spiro atoms. The number of nitrogens with two attached hydrogens (primary N) is 1. The zero-order valence-electron chi connectivity index (χ0n) is 13.4. The van der Waals surface area contributed by atoms with Crippen LogP contribution in [0.5, 0.6) is 0 Å². The molecule has 2 N–H and O–H groups in total. The molecule has 0 saturated heterocycles. The summed E-state index contributed by atoms with van der Waals surface area (Å²) >= 11 is 0.